The molecule has 98 valence electrons. The summed E-state index contributed by atoms with van der Waals surface area (Å²) in [5.41, 5.74) is 4.24. The van der Waals surface area contributed by atoms with Crippen molar-refractivity contribution >= 4 is 27.5 Å². The minimum atomic E-state index is -0.457. The molecule has 0 spiro atoms. The first-order valence-electron chi connectivity index (χ1n) is 6.36. The maximum Gasteiger partial charge on any atom is 0.129 e. The molecular formula is C16H13BrClF. The number of halogens is 3. The highest BCUT2D eigenvalue weighted by Gasteiger charge is 2.20. The molecule has 1 atom stereocenters. The average Bonchev–Trinajstić information content (AvgIpc) is 2.85. The van der Waals surface area contributed by atoms with E-state index in [4.69, 9.17) is 11.6 Å². The zero-order valence-corrected chi connectivity index (χ0v) is 12.6. The Kier molecular flexibility index (Phi) is 3.64. The number of aryl methyl sites for hydroxylation is 2. The minimum Gasteiger partial charge on any atom is -0.207 e. The lowest BCUT2D eigenvalue weighted by atomic mass is 10.00. The first-order valence-corrected chi connectivity index (χ1v) is 7.59. The molecule has 2 aromatic rings. The van der Waals surface area contributed by atoms with E-state index in [0.29, 0.717) is 10.0 Å². The highest BCUT2D eigenvalue weighted by atomic mass is 79.9. The number of rotatable bonds is 2. The third-order valence-corrected chi connectivity index (χ3v) is 4.83. The lowest BCUT2D eigenvalue weighted by molar-refractivity contribution is 0.611. The fourth-order valence-electron chi connectivity index (χ4n) is 2.67. The van der Waals surface area contributed by atoms with Crippen molar-refractivity contribution in [1.82, 2.24) is 0 Å². The van der Waals surface area contributed by atoms with Gasteiger partial charge in [-0.15, -0.1) is 11.6 Å². The summed E-state index contributed by atoms with van der Waals surface area (Å²) in [6.45, 7) is 0. The first kappa shape index (κ1) is 13.1. The predicted molar refractivity (Wildman–Crippen MR) is 80.3 cm³/mol. The molecule has 0 radical (unpaired) electrons. The van der Waals surface area contributed by atoms with E-state index >= 15 is 0 Å². The Bertz CT molecular complexity index is 604. The molecule has 0 heterocycles. The zero-order chi connectivity index (χ0) is 13.4. The molecule has 0 aliphatic heterocycles. The van der Waals surface area contributed by atoms with Crippen LogP contribution in [0.3, 0.4) is 0 Å². The number of hydrogen-bond donors (Lipinski definition) is 0. The van der Waals surface area contributed by atoms with Gasteiger partial charge in [0, 0.05) is 10.0 Å². The summed E-state index contributed by atoms with van der Waals surface area (Å²) in [5, 5.41) is -0.457. The molecule has 0 N–H and O–H groups in total. The van der Waals surface area contributed by atoms with Crippen molar-refractivity contribution in [2.75, 3.05) is 0 Å². The monoisotopic (exact) mass is 338 g/mol. The van der Waals surface area contributed by atoms with Crippen LogP contribution in [-0.2, 0) is 12.8 Å². The van der Waals surface area contributed by atoms with E-state index in [1.807, 2.05) is 12.1 Å². The van der Waals surface area contributed by atoms with Crippen molar-refractivity contribution in [3.63, 3.8) is 0 Å². The summed E-state index contributed by atoms with van der Waals surface area (Å²) in [4.78, 5) is 0. The van der Waals surface area contributed by atoms with Gasteiger partial charge in [0.05, 0.1) is 5.38 Å². The molecule has 3 heteroatoms. The molecule has 1 unspecified atom stereocenters. The van der Waals surface area contributed by atoms with Crippen LogP contribution in [0.1, 0.15) is 34.1 Å². The predicted octanol–water partition coefficient (Wildman–Crippen LogP) is 5.41. The SMILES string of the molecule is Fc1cccc(Br)c1C(Cl)c1ccc2c(c1)CCC2. The van der Waals surface area contributed by atoms with E-state index in [1.165, 1.54) is 23.6 Å². The molecule has 19 heavy (non-hydrogen) atoms. The van der Waals surface area contributed by atoms with Crippen LogP contribution in [0.25, 0.3) is 0 Å². The number of alkyl halides is 1. The smallest absolute Gasteiger partial charge is 0.129 e. The Morgan fingerprint density at radius 2 is 1.89 bits per heavy atom. The van der Waals surface area contributed by atoms with Crippen molar-refractivity contribution in [3.8, 4) is 0 Å². The van der Waals surface area contributed by atoms with Crippen LogP contribution in [0, 0.1) is 5.82 Å². The van der Waals surface area contributed by atoms with Gasteiger partial charge in [0.1, 0.15) is 5.82 Å². The van der Waals surface area contributed by atoms with Crippen LogP contribution in [0.2, 0.25) is 0 Å². The van der Waals surface area contributed by atoms with Crippen LogP contribution in [0.5, 0.6) is 0 Å². The van der Waals surface area contributed by atoms with E-state index in [0.717, 1.165) is 18.4 Å². The van der Waals surface area contributed by atoms with Crippen molar-refractivity contribution in [2.24, 2.45) is 0 Å². The fraction of sp³-hybridized carbons (Fsp3) is 0.250. The van der Waals surface area contributed by atoms with Crippen molar-refractivity contribution in [1.29, 1.82) is 0 Å². The van der Waals surface area contributed by atoms with Gasteiger partial charge in [0.25, 0.3) is 0 Å². The van der Waals surface area contributed by atoms with Crippen LogP contribution in [-0.4, -0.2) is 0 Å². The third-order valence-electron chi connectivity index (χ3n) is 3.67. The molecule has 0 fully saturated rings. The Balaban J connectivity index is 2.02. The van der Waals surface area contributed by atoms with Crippen LogP contribution >= 0.6 is 27.5 Å². The largest absolute Gasteiger partial charge is 0.207 e. The third kappa shape index (κ3) is 2.44. The molecule has 0 saturated heterocycles. The second kappa shape index (κ2) is 5.26. The van der Waals surface area contributed by atoms with E-state index < -0.39 is 5.38 Å². The van der Waals surface area contributed by atoms with Gasteiger partial charge in [-0.3, -0.25) is 0 Å². The Morgan fingerprint density at radius 1 is 1.11 bits per heavy atom. The van der Waals surface area contributed by atoms with E-state index in [2.05, 4.69) is 28.1 Å². The molecule has 2 aromatic carbocycles. The summed E-state index contributed by atoms with van der Waals surface area (Å²) < 4.78 is 14.7. The van der Waals surface area contributed by atoms with Crippen LogP contribution in [0.4, 0.5) is 4.39 Å². The Hall–Kier alpha value is -0.860. The number of fused-ring (bicyclic) bond motifs is 1. The van der Waals surface area contributed by atoms with Gasteiger partial charge in [-0.05, 0) is 48.1 Å². The fourth-order valence-corrected chi connectivity index (χ4v) is 3.73. The molecule has 0 aromatic heterocycles. The molecule has 3 rings (SSSR count). The van der Waals surface area contributed by atoms with E-state index in [9.17, 15) is 4.39 Å². The zero-order valence-electron chi connectivity index (χ0n) is 10.3. The highest BCUT2D eigenvalue weighted by Crippen LogP contribution is 2.37. The molecule has 0 amide bonds. The Labute approximate surface area is 125 Å². The quantitative estimate of drug-likeness (QED) is 0.642. The van der Waals surface area contributed by atoms with Gasteiger partial charge in [-0.2, -0.15) is 0 Å². The molecule has 0 nitrogen and oxygen atoms in total. The highest BCUT2D eigenvalue weighted by molar-refractivity contribution is 9.10. The maximum absolute atomic E-state index is 13.9. The topological polar surface area (TPSA) is 0 Å². The van der Waals surface area contributed by atoms with Gasteiger partial charge in [-0.25, -0.2) is 4.39 Å². The first-order chi connectivity index (χ1) is 9.16. The molecular weight excluding hydrogens is 327 g/mol. The second-order valence-electron chi connectivity index (χ2n) is 4.88. The van der Waals surface area contributed by atoms with Gasteiger partial charge < -0.3 is 0 Å². The van der Waals surface area contributed by atoms with Crippen molar-refractivity contribution in [3.05, 3.63) is 68.9 Å². The van der Waals surface area contributed by atoms with E-state index in [1.54, 1.807) is 6.07 Å². The van der Waals surface area contributed by atoms with Crippen LogP contribution < -0.4 is 0 Å². The van der Waals surface area contributed by atoms with Crippen molar-refractivity contribution < 1.29 is 4.39 Å². The summed E-state index contributed by atoms with van der Waals surface area (Å²) in [5.74, 6) is -0.269. The molecule has 1 aliphatic rings. The van der Waals surface area contributed by atoms with Crippen LogP contribution in [0.15, 0.2) is 40.9 Å². The lowest BCUT2D eigenvalue weighted by Gasteiger charge is -2.14. The normalized spacial score (nSPS) is 15.3. The summed E-state index contributed by atoms with van der Waals surface area (Å²) >= 11 is 9.86. The minimum absolute atomic E-state index is 0.269. The summed E-state index contributed by atoms with van der Waals surface area (Å²) in [7, 11) is 0. The summed E-state index contributed by atoms with van der Waals surface area (Å²) in [6.07, 6.45) is 3.45. The molecule has 0 saturated carbocycles. The lowest BCUT2D eigenvalue weighted by Crippen LogP contribution is -1.99. The average molecular weight is 340 g/mol. The standard InChI is InChI=1S/C16H13BrClF/c17-13-5-2-6-14(19)15(13)16(18)12-8-7-10-3-1-4-11(10)9-12/h2,5-9,16H,1,3-4H2. The molecule has 1 aliphatic carbocycles. The maximum atomic E-state index is 13.9. The van der Waals surface area contributed by atoms with Gasteiger partial charge in [-0.1, -0.05) is 40.2 Å². The number of hydrogen-bond acceptors (Lipinski definition) is 0. The van der Waals surface area contributed by atoms with Crippen molar-refractivity contribution in [2.45, 2.75) is 24.6 Å². The number of benzene rings is 2. The van der Waals surface area contributed by atoms with Gasteiger partial charge in [0.2, 0.25) is 0 Å². The van der Waals surface area contributed by atoms with E-state index in [-0.39, 0.29) is 5.82 Å². The second-order valence-corrected chi connectivity index (χ2v) is 6.17. The van der Waals surface area contributed by atoms with Gasteiger partial charge >= 0.3 is 0 Å². The van der Waals surface area contributed by atoms with Gasteiger partial charge in [0.15, 0.2) is 0 Å². The Morgan fingerprint density at radius 3 is 2.68 bits per heavy atom. The molecule has 0 bridgehead atoms. The summed E-state index contributed by atoms with van der Waals surface area (Å²) in [6, 6.07) is 11.2.